The molecule has 1 fully saturated rings. The van der Waals surface area contributed by atoms with E-state index in [1.54, 1.807) is 0 Å². The first-order valence-corrected chi connectivity index (χ1v) is 4.12. The van der Waals surface area contributed by atoms with E-state index in [9.17, 15) is 4.79 Å². The van der Waals surface area contributed by atoms with Crippen LogP contribution in [0.4, 0.5) is 0 Å². The number of carbonyl (C=O) groups is 1. The molecule has 0 aromatic carbocycles. The van der Waals surface area contributed by atoms with Gasteiger partial charge in [0.25, 0.3) is 0 Å². The first-order valence-electron chi connectivity index (χ1n) is 4.12. The number of carboxylic acids is 1. The van der Waals surface area contributed by atoms with Gasteiger partial charge in [0.2, 0.25) is 0 Å². The van der Waals surface area contributed by atoms with Gasteiger partial charge in [-0.3, -0.25) is 4.79 Å². The van der Waals surface area contributed by atoms with Crippen LogP contribution in [0.5, 0.6) is 0 Å². The minimum Gasteiger partial charge on any atom is -0.481 e. The summed E-state index contributed by atoms with van der Waals surface area (Å²) >= 11 is 0. The monoisotopic (exact) mass is 173 g/mol. The van der Waals surface area contributed by atoms with E-state index >= 15 is 0 Å². The van der Waals surface area contributed by atoms with Gasteiger partial charge in [-0.25, -0.2) is 0 Å². The van der Waals surface area contributed by atoms with Crippen LogP contribution in [0.2, 0.25) is 0 Å². The van der Waals surface area contributed by atoms with Crippen LogP contribution in [0.3, 0.4) is 0 Å². The second kappa shape index (κ2) is 3.41. The maximum Gasteiger partial charge on any atom is 0.304 e. The van der Waals surface area contributed by atoms with E-state index in [2.05, 4.69) is 0 Å². The standard InChI is InChI=1S/C8H15NO3/c1-6(9)8(4-7(10)11)2-3-12-5-8/h6H,2-5,9H2,1H3,(H,10,11). The third-order valence-corrected chi connectivity index (χ3v) is 2.60. The predicted octanol–water partition coefficient (Wildman–Crippen LogP) is 0.215. The summed E-state index contributed by atoms with van der Waals surface area (Å²) in [5.74, 6) is -0.794. The Morgan fingerprint density at radius 1 is 1.83 bits per heavy atom. The van der Waals surface area contributed by atoms with E-state index < -0.39 is 5.97 Å². The fourth-order valence-corrected chi connectivity index (χ4v) is 1.58. The molecule has 4 heteroatoms. The molecule has 1 aliphatic heterocycles. The molecule has 70 valence electrons. The first-order chi connectivity index (χ1) is 5.57. The Hall–Kier alpha value is -0.610. The van der Waals surface area contributed by atoms with Crippen molar-refractivity contribution in [1.29, 1.82) is 0 Å². The summed E-state index contributed by atoms with van der Waals surface area (Å²) in [5.41, 5.74) is 5.41. The Labute approximate surface area is 71.7 Å². The van der Waals surface area contributed by atoms with Crippen LogP contribution in [0.1, 0.15) is 19.8 Å². The highest BCUT2D eigenvalue weighted by atomic mass is 16.5. The van der Waals surface area contributed by atoms with Crippen LogP contribution in [0.25, 0.3) is 0 Å². The molecular formula is C8H15NO3. The number of nitrogens with two attached hydrogens (primary N) is 1. The fourth-order valence-electron chi connectivity index (χ4n) is 1.58. The molecule has 1 rings (SSSR count). The lowest BCUT2D eigenvalue weighted by Crippen LogP contribution is -2.41. The Balaban J connectivity index is 2.65. The number of ether oxygens (including phenoxy) is 1. The van der Waals surface area contributed by atoms with Crippen LogP contribution in [-0.4, -0.2) is 30.3 Å². The van der Waals surface area contributed by atoms with Gasteiger partial charge in [-0.15, -0.1) is 0 Å². The molecule has 12 heavy (non-hydrogen) atoms. The quantitative estimate of drug-likeness (QED) is 0.640. The number of aliphatic carboxylic acids is 1. The zero-order valence-electron chi connectivity index (χ0n) is 7.25. The third kappa shape index (κ3) is 1.76. The van der Waals surface area contributed by atoms with Gasteiger partial charge >= 0.3 is 5.97 Å². The summed E-state index contributed by atoms with van der Waals surface area (Å²) in [6.45, 7) is 2.96. The van der Waals surface area contributed by atoms with Crippen LogP contribution < -0.4 is 5.73 Å². The van der Waals surface area contributed by atoms with Gasteiger partial charge < -0.3 is 15.6 Å². The number of rotatable bonds is 3. The molecule has 0 radical (unpaired) electrons. The van der Waals surface area contributed by atoms with Crippen molar-refractivity contribution in [2.24, 2.45) is 11.1 Å². The second-order valence-electron chi connectivity index (χ2n) is 3.52. The lowest BCUT2D eigenvalue weighted by atomic mass is 9.78. The average Bonchev–Trinajstić information content (AvgIpc) is 2.35. The summed E-state index contributed by atoms with van der Waals surface area (Å²) in [5, 5.41) is 8.68. The van der Waals surface area contributed by atoms with Gasteiger partial charge in [-0.1, -0.05) is 0 Å². The topological polar surface area (TPSA) is 72.6 Å². The molecule has 0 aromatic rings. The van der Waals surface area contributed by atoms with E-state index in [0.717, 1.165) is 6.42 Å². The molecule has 4 nitrogen and oxygen atoms in total. The van der Waals surface area contributed by atoms with Crippen LogP contribution in [-0.2, 0) is 9.53 Å². The summed E-state index contributed by atoms with van der Waals surface area (Å²) in [4.78, 5) is 10.6. The maximum atomic E-state index is 10.6. The Kier molecular flexibility index (Phi) is 2.69. The van der Waals surface area contributed by atoms with Gasteiger partial charge in [0, 0.05) is 18.1 Å². The number of carboxylic acid groups (broad SMARTS) is 1. The molecule has 1 aliphatic rings. The van der Waals surface area contributed by atoms with Crippen molar-refractivity contribution in [2.75, 3.05) is 13.2 Å². The summed E-state index contributed by atoms with van der Waals surface area (Å²) in [7, 11) is 0. The minimum absolute atomic E-state index is 0.115. The highest BCUT2D eigenvalue weighted by molar-refractivity contribution is 5.68. The molecular weight excluding hydrogens is 158 g/mol. The lowest BCUT2D eigenvalue weighted by molar-refractivity contribution is -0.140. The molecule has 0 bridgehead atoms. The molecule has 1 saturated heterocycles. The summed E-state index contributed by atoms with van der Waals surface area (Å²) in [6, 6.07) is -0.115. The van der Waals surface area contributed by atoms with Crippen molar-refractivity contribution in [3.8, 4) is 0 Å². The van der Waals surface area contributed by atoms with E-state index in [0.29, 0.717) is 13.2 Å². The van der Waals surface area contributed by atoms with Crippen LogP contribution in [0, 0.1) is 5.41 Å². The van der Waals surface area contributed by atoms with Gasteiger partial charge in [-0.2, -0.15) is 0 Å². The van der Waals surface area contributed by atoms with Crippen molar-refractivity contribution in [3.05, 3.63) is 0 Å². The average molecular weight is 173 g/mol. The Morgan fingerprint density at radius 2 is 2.50 bits per heavy atom. The molecule has 0 saturated carbocycles. The van der Waals surface area contributed by atoms with Crippen LogP contribution in [0.15, 0.2) is 0 Å². The molecule has 1 heterocycles. The molecule has 0 spiro atoms. The van der Waals surface area contributed by atoms with Crippen molar-refractivity contribution in [3.63, 3.8) is 0 Å². The second-order valence-corrected chi connectivity index (χ2v) is 3.52. The number of hydrogen-bond acceptors (Lipinski definition) is 3. The van der Waals surface area contributed by atoms with Gasteiger partial charge in [0.15, 0.2) is 0 Å². The van der Waals surface area contributed by atoms with Crippen molar-refractivity contribution >= 4 is 5.97 Å². The molecule has 3 N–H and O–H groups in total. The van der Waals surface area contributed by atoms with E-state index in [1.165, 1.54) is 0 Å². The zero-order valence-corrected chi connectivity index (χ0v) is 7.25. The van der Waals surface area contributed by atoms with Crippen molar-refractivity contribution in [1.82, 2.24) is 0 Å². The van der Waals surface area contributed by atoms with Gasteiger partial charge in [0.05, 0.1) is 13.0 Å². The highest BCUT2D eigenvalue weighted by Gasteiger charge is 2.40. The molecule has 0 amide bonds. The van der Waals surface area contributed by atoms with Gasteiger partial charge in [-0.05, 0) is 13.3 Å². The lowest BCUT2D eigenvalue weighted by Gasteiger charge is -2.29. The third-order valence-electron chi connectivity index (χ3n) is 2.60. The molecule has 2 atom stereocenters. The highest BCUT2D eigenvalue weighted by Crippen LogP contribution is 2.34. The smallest absolute Gasteiger partial charge is 0.304 e. The van der Waals surface area contributed by atoms with Gasteiger partial charge in [0.1, 0.15) is 0 Å². The summed E-state index contributed by atoms with van der Waals surface area (Å²) in [6.07, 6.45) is 0.877. The molecule has 2 unspecified atom stereocenters. The van der Waals surface area contributed by atoms with Crippen molar-refractivity contribution in [2.45, 2.75) is 25.8 Å². The largest absolute Gasteiger partial charge is 0.481 e. The van der Waals surface area contributed by atoms with Crippen LogP contribution >= 0.6 is 0 Å². The molecule has 0 aromatic heterocycles. The normalized spacial score (nSPS) is 31.8. The van der Waals surface area contributed by atoms with E-state index in [-0.39, 0.29) is 17.9 Å². The van der Waals surface area contributed by atoms with Crippen molar-refractivity contribution < 1.29 is 14.6 Å². The predicted molar refractivity (Wildman–Crippen MR) is 43.8 cm³/mol. The van der Waals surface area contributed by atoms with E-state index in [1.807, 2.05) is 6.92 Å². The Bertz CT molecular complexity index is 173. The minimum atomic E-state index is -0.794. The SMILES string of the molecule is CC(N)C1(CC(=O)O)CCOC1. The summed E-state index contributed by atoms with van der Waals surface area (Å²) < 4.78 is 5.18. The maximum absolute atomic E-state index is 10.6. The van der Waals surface area contributed by atoms with E-state index in [4.69, 9.17) is 15.6 Å². The molecule has 0 aliphatic carbocycles. The first kappa shape index (κ1) is 9.48. The zero-order chi connectivity index (χ0) is 9.19. The number of hydrogen-bond donors (Lipinski definition) is 2. The Morgan fingerprint density at radius 3 is 2.83 bits per heavy atom. The fraction of sp³-hybridized carbons (Fsp3) is 0.875.